The van der Waals surface area contributed by atoms with Gasteiger partial charge in [0, 0.05) is 6.54 Å². The van der Waals surface area contributed by atoms with Crippen LogP contribution in [0.15, 0.2) is 16.8 Å². The highest BCUT2D eigenvalue weighted by molar-refractivity contribution is 7.08. The molecule has 0 amide bonds. The van der Waals surface area contributed by atoms with E-state index >= 15 is 0 Å². The van der Waals surface area contributed by atoms with Crippen molar-refractivity contribution in [3.05, 3.63) is 28.0 Å². The van der Waals surface area contributed by atoms with Crippen LogP contribution < -0.4 is 5.32 Å². The zero-order valence-corrected chi connectivity index (χ0v) is 8.08. The molecule has 2 rings (SSSR count). The van der Waals surface area contributed by atoms with E-state index < -0.39 is 0 Å². The molecule has 1 nitrogen and oxygen atoms in total. The molecule has 2 heterocycles. The summed E-state index contributed by atoms with van der Waals surface area (Å²) in [6.07, 6.45) is 3.52. The topological polar surface area (TPSA) is 12.0 Å². The minimum Gasteiger partial charge on any atom is -0.312 e. The molecule has 0 bridgehead atoms. The van der Waals surface area contributed by atoms with Gasteiger partial charge in [-0.2, -0.15) is 11.3 Å². The third kappa shape index (κ3) is 1.45. The van der Waals surface area contributed by atoms with Crippen molar-refractivity contribution in [1.82, 2.24) is 5.32 Å². The molecule has 64 valence electrons. The van der Waals surface area contributed by atoms with Gasteiger partial charge in [-0.05, 0) is 47.3 Å². The van der Waals surface area contributed by atoms with E-state index in [0.717, 1.165) is 13.1 Å². The van der Waals surface area contributed by atoms with Crippen LogP contribution in [0.1, 0.15) is 17.5 Å². The van der Waals surface area contributed by atoms with Crippen LogP contribution in [0.3, 0.4) is 0 Å². The Bertz CT molecular complexity index is 299. The molecule has 0 spiro atoms. The SMILES string of the molecule is Cc1cscc1C1=CCCNC1. The van der Waals surface area contributed by atoms with E-state index in [4.69, 9.17) is 0 Å². The fourth-order valence-corrected chi connectivity index (χ4v) is 2.41. The Hall–Kier alpha value is -0.600. The first-order chi connectivity index (χ1) is 5.88. The zero-order valence-electron chi connectivity index (χ0n) is 7.26. The first-order valence-electron chi connectivity index (χ1n) is 4.31. The summed E-state index contributed by atoms with van der Waals surface area (Å²) in [6, 6.07) is 0. The second-order valence-corrected chi connectivity index (χ2v) is 3.91. The maximum Gasteiger partial charge on any atom is 0.0208 e. The standard InChI is InChI=1S/C10H13NS/c1-8-6-12-7-10(8)9-3-2-4-11-5-9/h3,6-7,11H,2,4-5H2,1H3. The van der Waals surface area contributed by atoms with Gasteiger partial charge in [0.15, 0.2) is 0 Å². The molecule has 2 heteroatoms. The highest BCUT2D eigenvalue weighted by Crippen LogP contribution is 2.23. The van der Waals surface area contributed by atoms with Crippen molar-refractivity contribution in [1.29, 1.82) is 0 Å². The summed E-state index contributed by atoms with van der Waals surface area (Å²) < 4.78 is 0. The molecule has 0 saturated carbocycles. The molecule has 1 N–H and O–H groups in total. The average molecular weight is 179 g/mol. The van der Waals surface area contributed by atoms with Crippen molar-refractivity contribution in [3.63, 3.8) is 0 Å². The van der Waals surface area contributed by atoms with Crippen molar-refractivity contribution in [2.75, 3.05) is 13.1 Å². The summed E-state index contributed by atoms with van der Waals surface area (Å²) in [6.45, 7) is 4.35. The van der Waals surface area contributed by atoms with Crippen molar-refractivity contribution >= 4 is 16.9 Å². The van der Waals surface area contributed by atoms with Crippen molar-refractivity contribution < 1.29 is 0 Å². The van der Waals surface area contributed by atoms with E-state index in [1.807, 2.05) is 0 Å². The van der Waals surface area contributed by atoms with Crippen LogP contribution in [0.5, 0.6) is 0 Å². The van der Waals surface area contributed by atoms with Gasteiger partial charge in [-0.25, -0.2) is 0 Å². The predicted molar refractivity (Wildman–Crippen MR) is 54.5 cm³/mol. The van der Waals surface area contributed by atoms with Gasteiger partial charge in [0.2, 0.25) is 0 Å². The average Bonchev–Trinajstić information content (AvgIpc) is 2.53. The van der Waals surface area contributed by atoms with Crippen LogP contribution in [0.25, 0.3) is 5.57 Å². The van der Waals surface area contributed by atoms with Crippen LogP contribution in [0.2, 0.25) is 0 Å². The van der Waals surface area contributed by atoms with E-state index in [0.29, 0.717) is 0 Å². The first-order valence-corrected chi connectivity index (χ1v) is 5.25. The van der Waals surface area contributed by atoms with Gasteiger partial charge < -0.3 is 5.32 Å². The van der Waals surface area contributed by atoms with Crippen LogP contribution in [-0.4, -0.2) is 13.1 Å². The molecular formula is C10H13NS. The molecule has 0 radical (unpaired) electrons. The van der Waals surface area contributed by atoms with Gasteiger partial charge >= 0.3 is 0 Å². The zero-order chi connectivity index (χ0) is 8.39. The third-order valence-electron chi connectivity index (χ3n) is 2.23. The number of hydrogen-bond donors (Lipinski definition) is 1. The Kier molecular flexibility index (Phi) is 2.28. The third-order valence-corrected chi connectivity index (χ3v) is 3.09. The summed E-state index contributed by atoms with van der Waals surface area (Å²) in [7, 11) is 0. The maximum absolute atomic E-state index is 3.39. The Labute approximate surface area is 77.1 Å². The Balaban J connectivity index is 2.29. The Morgan fingerprint density at radius 2 is 2.33 bits per heavy atom. The quantitative estimate of drug-likeness (QED) is 0.698. The number of hydrogen-bond acceptors (Lipinski definition) is 2. The van der Waals surface area contributed by atoms with Gasteiger partial charge in [0.25, 0.3) is 0 Å². The molecule has 0 unspecified atom stereocenters. The normalized spacial score (nSPS) is 17.6. The summed E-state index contributed by atoms with van der Waals surface area (Å²) in [5.74, 6) is 0. The van der Waals surface area contributed by atoms with Crippen molar-refractivity contribution in [2.24, 2.45) is 0 Å². The molecule has 1 aliphatic heterocycles. The summed E-state index contributed by atoms with van der Waals surface area (Å²) >= 11 is 1.79. The van der Waals surface area contributed by atoms with Gasteiger partial charge in [0.05, 0.1) is 0 Å². The fourth-order valence-electron chi connectivity index (χ4n) is 1.54. The van der Waals surface area contributed by atoms with E-state index in [-0.39, 0.29) is 0 Å². The lowest BCUT2D eigenvalue weighted by atomic mass is 10.0. The molecular weight excluding hydrogens is 166 g/mol. The summed E-state index contributed by atoms with van der Waals surface area (Å²) in [4.78, 5) is 0. The largest absolute Gasteiger partial charge is 0.312 e. The molecule has 1 aromatic rings. The number of thiophene rings is 1. The first kappa shape index (κ1) is 8.02. The summed E-state index contributed by atoms with van der Waals surface area (Å²) in [5, 5.41) is 7.84. The van der Waals surface area contributed by atoms with Crippen LogP contribution in [0, 0.1) is 6.92 Å². The van der Waals surface area contributed by atoms with E-state index in [2.05, 4.69) is 29.1 Å². The second kappa shape index (κ2) is 3.42. The van der Waals surface area contributed by atoms with E-state index in [9.17, 15) is 0 Å². The predicted octanol–water partition coefficient (Wildman–Crippen LogP) is 2.43. The van der Waals surface area contributed by atoms with Gasteiger partial charge in [0.1, 0.15) is 0 Å². The van der Waals surface area contributed by atoms with E-state index in [1.54, 1.807) is 11.3 Å². The lowest BCUT2D eigenvalue weighted by Gasteiger charge is -2.13. The highest BCUT2D eigenvalue weighted by Gasteiger charge is 2.07. The molecule has 0 aliphatic carbocycles. The van der Waals surface area contributed by atoms with E-state index in [1.165, 1.54) is 23.1 Å². The van der Waals surface area contributed by atoms with Gasteiger partial charge in [-0.3, -0.25) is 0 Å². The van der Waals surface area contributed by atoms with Gasteiger partial charge in [-0.15, -0.1) is 0 Å². The molecule has 0 aromatic carbocycles. The minimum atomic E-state index is 1.04. The molecule has 12 heavy (non-hydrogen) atoms. The Morgan fingerprint density at radius 1 is 1.42 bits per heavy atom. The molecule has 0 fully saturated rings. The molecule has 1 aliphatic rings. The monoisotopic (exact) mass is 179 g/mol. The number of aryl methyl sites for hydroxylation is 1. The molecule has 0 atom stereocenters. The smallest absolute Gasteiger partial charge is 0.0208 e. The number of nitrogens with one attached hydrogen (secondary N) is 1. The number of rotatable bonds is 1. The molecule has 0 saturated heterocycles. The van der Waals surface area contributed by atoms with Crippen molar-refractivity contribution in [2.45, 2.75) is 13.3 Å². The Morgan fingerprint density at radius 3 is 2.92 bits per heavy atom. The second-order valence-electron chi connectivity index (χ2n) is 3.16. The van der Waals surface area contributed by atoms with Gasteiger partial charge in [-0.1, -0.05) is 6.08 Å². The summed E-state index contributed by atoms with van der Waals surface area (Å²) in [5.41, 5.74) is 4.32. The maximum atomic E-state index is 3.39. The lowest BCUT2D eigenvalue weighted by Crippen LogP contribution is -2.21. The highest BCUT2D eigenvalue weighted by atomic mass is 32.1. The lowest BCUT2D eigenvalue weighted by molar-refractivity contribution is 0.739. The molecule has 1 aromatic heterocycles. The fraction of sp³-hybridized carbons (Fsp3) is 0.400. The van der Waals surface area contributed by atoms with Crippen LogP contribution in [-0.2, 0) is 0 Å². The minimum absolute atomic E-state index is 1.04. The van der Waals surface area contributed by atoms with Crippen LogP contribution in [0.4, 0.5) is 0 Å². The van der Waals surface area contributed by atoms with Crippen molar-refractivity contribution in [3.8, 4) is 0 Å². The van der Waals surface area contributed by atoms with Crippen LogP contribution >= 0.6 is 11.3 Å².